The first kappa shape index (κ1) is 24.7. The van der Waals surface area contributed by atoms with Crippen molar-refractivity contribution < 1.29 is 19.7 Å². The second-order valence-electron chi connectivity index (χ2n) is 9.24. The molecular weight excluding hydrogens is 429 g/mol. The number of imidazole rings is 1. The number of fused-ring (bicyclic) bond motifs is 1. The van der Waals surface area contributed by atoms with Gasteiger partial charge in [0, 0.05) is 6.54 Å². The molecule has 1 aliphatic heterocycles. The zero-order chi connectivity index (χ0) is 23.6. The lowest BCUT2D eigenvalue weighted by Crippen LogP contribution is -2.36. The van der Waals surface area contributed by atoms with Crippen LogP contribution in [0.5, 0.6) is 6.01 Å². The first-order valence-corrected chi connectivity index (χ1v) is 14.0. The van der Waals surface area contributed by atoms with E-state index in [9.17, 15) is 10.2 Å². The topological polar surface area (TPSA) is 115 Å². The molecule has 32 heavy (non-hydrogen) atoms. The van der Waals surface area contributed by atoms with E-state index in [1.807, 2.05) is 6.92 Å². The van der Waals surface area contributed by atoms with Gasteiger partial charge in [-0.3, -0.25) is 4.57 Å². The number of nitrogens with zero attached hydrogens (tertiary/aromatic N) is 4. The van der Waals surface area contributed by atoms with E-state index < -0.39 is 31.4 Å². The zero-order valence-corrected chi connectivity index (χ0v) is 20.7. The molecule has 1 fully saturated rings. The van der Waals surface area contributed by atoms with E-state index in [1.165, 1.54) is 12.7 Å². The van der Waals surface area contributed by atoms with Crippen LogP contribution in [0.2, 0.25) is 0 Å². The van der Waals surface area contributed by atoms with E-state index in [4.69, 9.17) is 9.47 Å². The second-order valence-corrected chi connectivity index (χ2v) is 13.5. The molecule has 3 heterocycles. The highest BCUT2D eigenvalue weighted by Crippen LogP contribution is 2.42. The first-order valence-electron chi connectivity index (χ1n) is 10.9. The van der Waals surface area contributed by atoms with Gasteiger partial charge in [0.25, 0.3) is 0 Å². The number of aliphatic hydroxyl groups is 2. The van der Waals surface area contributed by atoms with E-state index in [2.05, 4.69) is 59.8 Å². The summed E-state index contributed by atoms with van der Waals surface area (Å²) >= 11 is 0. The Morgan fingerprint density at radius 1 is 1.38 bits per heavy atom. The van der Waals surface area contributed by atoms with Crippen LogP contribution < -0.4 is 10.1 Å². The Hall–Kier alpha value is -1.93. The molecule has 10 heteroatoms. The van der Waals surface area contributed by atoms with Crippen molar-refractivity contribution in [2.24, 2.45) is 5.92 Å². The highest BCUT2D eigenvalue weighted by Gasteiger charge is 2.46. The van der Waals surface area contributed by atoms with Crippen LogP contribution in [0.25, 0.3) is 11.2 Å². The number of hydrogen-bond acceptors (Lipinski definition) is 8. The molecule has 0 radical (unpaired) electrons. The van der Waals surface area contributed by atoms with Gasteiger partial charge in [-0.2, -0.15) is 9.97 Å². The minimum atomic E-state index is -1.32. The second kappa shape index (κ2) is 9.91. The highest BCUT2D eigenvalue weighted by atomic mass is 31.2. The largest absolute Gasteiger partial charge is 0.467 e. The van der Waals surface area contributed by atoms with Gasteiger partial charge in [0.2, 0.25) is 0 Å². The fourth-order valence-electron chi connectivity index (χ4n) is 4.03. The molecule has 178 valence electrons. The summed E-state index contributed by atoms with van der Waals surface area (Å²) < 4.78 is 13.1. The van der Waals surface area contributed by atoms with E-state index in [-0.39, 0.29) is 11.9 Å². The summed E-state index contributed by atoms with van der Waals surface area (Å²) in [5.74, 6) is 0.586. The summed E-state index contributed by atoms with van der Waals surface area (Å²) in [6.45, 7) is 9.78. The molecule has 1 saturated heterocycles. The Labute approximate surface area is 189 Å². The van der Waals surface area contributed by atoms with Crippen molar-refractivity contribution in [1.82, 2.24) is 19.5 Å². The highest BCUT2D eigenvalue weighted by molar-refractivity contribution is 7.72. The summed E-state index contributed by atoms with van der Waals surface area (Å²) in [6, 6.07) is 0.180. The van der Waals surface area contributed by atoms with Crippen molar-refractivity contribution >= 4 is 30.2 Å². The van der Waals surface area contributed by atoms with Gasteiger partial charge in [0.1, 0.15) is 12.2 Å². The molecule has 1 aliphatic rings. The van der Waals surface area contributed by atoms with Crippen molar-refractivity contribution in [3.05, 3.63) is 18.0 Å². The third kappa shape index (κ3) is 5.34. The number of rotatable bonds is 9. The van der Waals surface area contributed by atoms with Gasteiger partial charge in [-0.25, -0.2) is 4.98 Å². The average Bonchev–Trinajstić information content (AvgIpc) is 3.27. The minimum Gasteiger partial charge on any atom is -0.467 e. The SMILES string of the molecule is C=P(C)(C)CC(C)[C@H]1O[C@@H](n2cnc3c(NC/C=C(/C)CC)nc(OC)nc32)[C@H](O)[C@@H]1O. The Morgan fingerprint density at radius 2 is 2.09 bits per heavy atom. The average molecular weight is 466 g/mol. The summed E-state index contributed by atoms with van der Waals surface area (Å²) in [7, 11) is 1.50. The van der Waals surface area contributed by atoms with E-state index >= 15 is 0 Å². The third-order valence-corrected chi connectivity index (χ3v) is 7.32. The van der Waals surface area contributed by atoms with Crippen molar-refractivity contribution in [2.75, 3.05) is 38.5 Å². The monoisotopic (exact) mass is 465 g/mol. The molecule has 5 atom stereocenters. The number of ether oxygens (including phenoxy) is 2. The maximum Gasteiger partial charge on any atom is 0.320 e. The smallest absolute Gasteiger partial charge is 0.320 e. The van der Waals surface area contributed by atoms with Gasteiger partial charge in [0.15, 0.2) is 23.2 Å². The molecule has 1 unspecified atom stereocenters. The predicted molar refractivity (Wildman–Crippen MR) is 130 cm³/mol. The molecule has 0 bridgehead atoms. The van der Waals surface area contributed by atoms with Crippen molar-refractivity contribution in [3.63, 3.8) is 0 Å². The molecule has 0 amide bonds. The molecular formula is C22H36N5O4P. The van der Waals surface area contributed by atoms with Crippen LogP contribution in [0, 0.1) is 5.92 Å². The Kier molecular flexibility index (Phi) is 7.65. The predicted octanol–water partition coefficient (Wildman–Crippen LogP) is 2.57. The van der Waals surface area contributed by atoms with Crippen molar-refractivity contribution in [2.45, 2.75) is 51.7 Å². The van der Waals surface area contributed by atoms with Gasteiger partial charge in [-0.15, -0.1) is 13.2 Å². The molecule has 9 nitrogen and oxygen atoms in total. The summed E-state index contributed by atoms with van der Waals surface area (Å²) in [4.78, 5) is 13.3. The number of anilines is 1. The third-order valence-electron chi connectivity index (χ3n) is 5.75. The maximum atomic E-state index is 10.8. The lowest BCUT2D eigenvalue weighted by Gasteiger charge is -2.26. The van der Waals surface area contributed by atoms with Crippen LogP contribution in [0.4, 0.5) is 5.82 Å². The number of methoxy groups -OCH3 is 1. The lowest BCUT2D eigenvalue weighted by molar-refractivity contribution is -0.0487. The number of nitrogens with one attached hydrogen (secondary N) is 1. The Balaban J connectivity index is 1.92. The normalized spacial score (nSPS) is 25.3. The molecule has 3 rings (SSSR count). The van der Waals surface area contributed by atoms with Crippen LogP contribution in [0.3, 0.4) is 0 Å². The fraction of sp³-hybridized carbons (Fsp3) is 0.636. The number of hydrogen-bond donors (Lipinski definition) is 3. The Morgan fingerprint density at radius 3 is 2.72 bits per heavy atom. The summed E-state index contributed by atoms with van der Waals surface area (Å²) in [6.07, 6.45) is 6.30. The van der Waals surface area contributed by atoms with E-state index in [1.54, 1.807) is 10.9 Å². The molecule has 2 aromatic heterocycles. The van der Waals surface area contributed by atoms with E-state index in [0.29, 0.717) is 23.5 Å². The van der Waals surface area contributed by atoms with Gasteiger partial charge in [0.05, 0.1) is 19.5 Å². The van der Waals surface area contributed by atoms with Crippen LogP contribution in [0.15, 0.2) is 18.0 Å². The Bertz CT molecular complexity index is 1020. The molecule has 0 spiro atoms. The summed E-state index contributed by atoms with van der Waals surface area (Å²) in [5, 5.41) is 24.8. The van der Waals surface area contributed by atoms with Crippen LogP contribution >= 0.6 is 6.89 Å². The zero-order valence-electron chi connectivity index (χ0n) is 19.8. The van der Waals surface area contributed by atoms with Crippen LogP contribution in [-0.4, -0.2) is 87.5 Å². The van der Waals surface area contributed by atoms with Crippen LogP contribution in [-0.2, 0) is 4.74 Å². The minimum absolute atomic E-state index is 0.0512. The first-order chi connectivity index (χ1) is 15.1. The van der Waals surface area contributed by atoms with Gasteiger partial charge in [-0.05, 0) is 38.8 Å². The number of aliphatic hydroxyl groups excluding tert-OH is 2. The number of allylic oxidation sites excluding steroid dienone is 1. The van der Waals surface area contributed by atoms with Gasteiger partial charge < -0.3 is 25.0 Å². The molecule has 0 aromatic carbocycles. The quantitative estimate of drug-likeness (QED) is 0.382. The lowest BCUT2D eigenvalue weighted by atomic mass is 10.0. The van der Waals surface area contributed by atoms with Crippen molar-refractivity contribution in [1.29, 1.82) is 0 Å². The standard InChI is InChI=1S/C22H36N5O4P/c1-8-13(2)9-10-23-19-15-20(26-22(25-19)30-4)27(12-24-15)21-17(29)16(28)18(31-21)14(3)11-32(5,6)7/h9,12,14,16-18,21,28-29H,5,8,10-11H2,1-4,6-7H3,(H,23,25,26)/b13-9-/t14?,16-,17+,18+,21+/m0/s1. The van der Waals surface area contributed by atoms with Crippen molar-refractivity contribution in [3.8, 4) is 6.01 Å². The van der Waals surface area contributed by atoms with Gasteiger partial charge in [-0.1, -0.05) is 25.5 Å². The molecule has 0 saturated carbocycles. The fourth-order valence-corrected chi connectivity index (χ4v) is 5.80. The van der Waals surface area contributed by atoms with E-state index in [0.717, 1.165) is 12.6 Å². The summed E-state index contributed by atoms with van der Waals surface area (Å²) in [5.41, 5.74) is 2.27. The maximum absolute atomic E-state index is 10.8. The number of aromatic nitrogens is 4. The molecule has 0 aliphatic carbocycles. The molecule has 2 aromatic rings. The molecule has 3 N–H and O–H groups in total. The van der Waals surface area contributed by atoms with Crippen LogP contribution in [0.1, 0.15) is 33.4 Å². The van der Waals surface area contributed by atoms with Gasteiger partial charge >= 0.3 is 6.01 Å².